The van der Waals surface area contributed by atoms with Crippen LogP contribution in [0.15, 0.2) is 36.8 Å². The van der Waals surface area contributed by atoms with Crippen molar-refractivity contribution < 1.29 is 14.4 Å². The number of nitrogens with zero attached hydrogens (tertiary/aromatic N) is 4. The summed E-state index contributed by atoms with van der Waals surface area (Å²) in [5, 5.41) is 8.47. The zero-order chi connectivity index (χ0) is 25.0. The zero-order valence-electron chi connectivity index (χ0n) is 20.2. The van der Waals surface area contributed by atoms with Crippen molar-refractivity contribution in [2.75, 3.05) is 43.6 Å². The molecule has 3 amide bonds. The number of carbonyl (C=O) groups is 3. The molecule has 3 rings (SSSR count). The molecule has 0 radical (unpaired) electrons. The molecule has 3 aromatic heterocycles. The number of nitrogens with two attached hydrogens (primary N) is 1. The first-order valence-corrected chi connectivity index (χ1v) is 10.9. The van der Waals surface area contributed by atoms with E-state index < -0.39 is 0 Å². The fourth-order valence-corrected chi connectivity index (χ4v) is 3.61. The third kappa shape index (κ3) is 5.87. The molecule has 0 saturated heterocycles. The highest BCUT2D eigenvalue weighted by atomic mass is 16.2. The number of carbonyl (C=O) groups excluding carboxylic acids is 3. The molecule has 182 valence electrons. The van der Waals surface area contributed by atoms with E-state index in [0.29, 0.717) is 40.7 Å². The van der Waals surface area contributed by atoms with Crippen LogP contribution in [0.1, 0.15) is 37.9 Å². The van der Waals surface area contributed by atoms with Crippen LogP contribution < -0.4 is 21.7 Å². The Bertz CT molecular complexity index is 1200. The highest BCUT2D eigenvalue weighted by Gasteiger charge is 2.18. The van der Waals surface area contributed by atoms with Crippen LogP contribution >= 0.6 is 0 Å². The zero-order valence-corrected chi connectivity index (χ0v) is 20.2. The van der Waals surface area contributed by atoms with Crippen LogP contribution in [0.5, 0.6) is 0 Å². The Morgan fingerprint density at radius 1 is 0.794 bits per heavy atom. The number of aromatic nitrogens is 3. The summed E-state index contributed by atoms with van der Waals surface area (Å²) in [5.74, 6) is -0.900. The molecule has 0 aliphatic carbocycles. The Morgan fingerprint density at radius 2 is 1.26 bits per heavy atom. The summed E-state index contributed by atoms with van der Waals surface area (Å²) in [6.07, 6.45) is 5.82. The lowest BCUT2D eigenvalue weighted by Gasteiger charge is -2.10. The lowest BCUT2D eigenvalue weighted by Crippen LogP contribution is -2.28. The van der Waals surface area contributed by atoms with Crippen molar-refractivity contribution in [3.8, 4) is 0 Å². The predicted molar refractivity (Wildman–Crippen MR) is 132 cm³/mol. The average Bonchev–Trinajstić information content (AvgIpc) is 3.41. The molecular formula is C23H32N8O3. The Labute approximate surface area is 198 Å². The first kappa shape index (κ1) is 24.6. The number of nitrogens with one attached hydrogen (secondary N) is 3. The molecule has 0 fully saturated rings. The molecule has 0 spiro atoms. The minimum atomic E-state index is -0.366. The highest BCUT2D eigenvalue weighted by Crippen LogP contribution is 2.19. The molecule has 11 heteroatoms. The van der Waals surface area contributed by atoms with Crippen molar-refractivity contribution in [3.05, 3.63) is 53.9 Å². The van der Waals surface area contributed by atoms with Crippen LogP contribution in [0.4, 0.5) is 17.1 Å². The number of amides is 3. The van der Waals surface area contributed by atoms with Gasteiger partial charge in [-0.2, -0.15) is 0 Å². The standard InChI is InChI=1S/C23H32N8O3/c1-28(2)8-6-7-25-21(32)19-10-16(13-30(19)4)27-23(34)20-11-17(14-31(20)5)26-22(33)18-9-15(24)12-29(18)3/h9-14H,6-8,24H2,1-5H3,(H,25,32)(H,26,33)(H,27,34). The molecule has 0 aliphatic rings. The van der Waals surface area contributed by atoms with Gasteiger partial charge in [0.25, 0.3) is 17.7 Å². The van der Waals surface area contributed by atoms with Crippen LogP contribution in [0, 0.1) is 0 Å². The number of nitrogen functional groups attached to an aromatic ring is 1. The average molecular weight is 469 g/mol. The molecule has 11 nitrogen and oxygen atoms in total. The van der Waals surface area contributed by atoms with Gasteiger partial charge in [-0.05, 0) is 45.3 Å². The van der Waals surface area contributed by atoms with E-state index in [-0.39, 0.29) is 17.7 Å². The Balaban J connectivity index is 1.63. The maximum absolute atomic E-state index is 12.8. The number of hydrogen-bond donors (Lipinski definition) is 4. The summed E-state index contributed by atoms with van der Waals surface area (Å²) in [6.45, 7) is 1.45. The quantitative estimate of drug-likeness (QED) is 0.353. The minimum Gasteiger partial charge on any atom is -0.397 e. The Kier molecular flexibility index (Phi) is 7.47. The second-order valence-electron chi connectivity index (χ2n) is 8.54. The lowest BCUT2D eigenvalue weighted by atomic mass is 10.3. The SMILES string of the molecule is CN(C)CCCNC(=O)c1cc(NC(=O)c2cc(NC(=O)c3cc(N)cn3C)cn2C)cn1C. The van der Waals surface area contributed by atoms with Crippen molar-refractivity contribution in [1.82, 2.24) is 23.9 Å². The van der Waals surface area contributed by atoms with Gasteiger partial charge in [-0.1, -0.05) is 0 Å². The topological polar surface area (TPSA) is 131 Å². The second-order valence-corrected chi connectivity index (χ2v) is 8.54. The molecule has 0 saturated carbocycles. The fourth-order valence-electron chi connectivity index (χ4n) is 3.61. The summed E-state index contributed by atoms with van der Waals surface area (Å²) in [4.78, 5) is 39.9. The van der Waals surface area contributed by atoms with E-state index in [1.54, 1.807) is 71.6 Å². The summed E-state index contributed by atoms with van der Waals surface area (Å²) in [7, 11) is 9.15. The van der Waals surface area contributed by atoms with Gasteiger partial charge in [-0.25, -0.2) is 0 Å². The van der Waals surface area contributed by atoms with Gasteiger partial charge in [-0.15, -0.1) is 0 Å². The molecule has 3 aromatic rings. The van der Waals surface area contributed by atoms with E-state index in [1.165, 1.54) is 0 Å². The van der Waals surface area contributed by atoms with Gasteiger partial charge in [0.1, 0.15) is 17.1 Å². The van der Waals surface area contributed by atoms with E-state index in [4.69, 9.17) is 5.73 Å². The lowest BCUT2D eigenvalue weighted by molar-refractivity contribution is 0.0942. The van der Waals surface area contributed by atoms with Crippen LogP contribution in [-0.2, 0) is 21.1 Å². The molecule has 0 atom stereocenters. The number of rotatable bonds is 9. The van der Waals surface area contributed by atoms with Crippen LogP contribution in [0.3, 0.4) is 0 Å². The van der Waals surface area contributed by atoms with Gasteiger partial charge >= 0.3 is 0 Å². The van der Waals surface area contributed by atoms with Gasteiger partial charge in [0.2, 0.25) is 0 Å². The third-order valence-corrected chi connectivity index (χ3v) is 5.32. The maximum Gasteiger partial charge on any atom is 0.272 e. The van der Waals surface area contributed by atoms with Crippen LogP contribution in [-0.4, -0.2) is 63.5 Å². The number of aryl methyl sites for hydroxylation is 3. The molecular weight excluding hydrogens is 436 g/mol. The maximum atomic E-state index is 12.8. The van der Waals surface area contributed by atoms with Crippen molar-refractivity contribution in [3.63, 3.8) is 0 Å². The summed E-state index contributed by atoms with van der Waals surface area (Å²) in [5.41, 5.74) is 8.40. The number of anilines is 3. The Morgan fingerprint density at radius 3 is 1.74 bits per heavy atom. The predicted octanol–water partition coefficient (Wildman–Crippen LogP) is 1.47. The molecule has 34 heavy (non-hydrogen) atoms. The molecule has 0 aliphatic heterocycles. The van der Waals surface area contributed by atoms with E-state index in [9.17, 15) is 14.4 Å². The molecule has 3 heterocycles. The molecule has 0 aromatic carbocycles. The molecule has 5 N–H and O–H groups in total. The summed E-state index contributed by atoms with van der Waals surface area (Å²) >= 11 is 0. The first-order chi connectivity index (χ1) is 16.0. The smallest absolute Gasteiger partial charge is 0.272 e. The monoisotopic (exact) mass is 468 g/mol. The minimum absolute atomic E-state index is 0.202. The molecule has 0 bridgehead atoms. The number of hydrogen-bond acceptors (Lipinski definition) is 5. The largest absolute Gasteiger partial charge is 0.397 e. The summed E-state index contributed by atoms with van der Waals surface area (Å²) < 4.78 is 4.91. The van der Waals surface area contributed by atoms with Gasteiger partial charge in [0, 0.05) is 46.3 Å². The van der Waals surface area contributed by atoms with Crippen LogP contribution in [0.25, 0.3) is 0 Å². The third-order valence-electron chi connectivity index (χ3n) is 5.32. The van der Waals surface area contributed by atoms with Gasteiger partial charge < -0.3 is 40.3 Å². The van der Waals surface area contributed by atoms with Gasteiger partial charge in [0.15, 0.2) is 0 Å². The normalized spacial score (nSPS) is 11.0. The van der Waals surface area contributed by atoms with Gasteiger partial charge in [0.05, 0.1) is 17.1 Å². The van der Waals surface area contributed by atoms with Crippen molar-refractivity contribution in [2.24, 2.45) is 21.1 Å². The Hall–Kier alpha value is -3.99. The van der Waals surface area contributed by atoms with E-state index >= 15 is 0 Å². The first-order valence-electron chi connectivity index (χ1n) is 10.9. The summed E-state index contributed by atoms with van der Waals surface area (Å²) in [6, 6.07) is 4.79. The fraction of sp³-hybridized carbons (Fsp3) is 0.348. The molecule has 0 unspecified atom stereocenters. The van der Waals surface area contributed by atoms with Gasteiger partial charge in [-0.3, -0.25) is 14.4 Å². The highest BCUT2D eigenvalue weighted by molar-refractivity contribution is 6.07. The van der Waals surface area contributed by atoms with E-state index in [0.717, 1.165) is 13.0 Å². The second kappa shape index (κ2) is 10.3. The van der Waals surface area contributed by atoms with Crippen molar-refractivity contribution in [1.29, 1.82) is 0 Å². The van der Waals surface area contributed by atoms with Crippen molar-refractivity contribution >= 4 is 34.8 Å². The van der Waals surface area contributed by atoms with E-state index in [1.807, 2.05) is 14.1 Å². The van der Waals surface area contributed by atoms with Crippen LogP contribution in [0.2, 0.25) is 0 Å². The van der Waals surface area contributed by atoms with E-state index in [2.05, 4.69) is 20.9 Å². The van der Waals surface area contributed by atoms with Crippen molar-refractivity contribution in [2.45, 2.75) is 6.42 Å².